The van der Waals surface area contributed by atoms with Crippen LogP contribution in [-0.4, -0.2) is 33.4 Å². The molecule has 1 aliphatic rings. The van der Waals surface area contributed by atoms with Crippen molar-refractivity contribution in [3.05, 3.63) is 41.1 Å². The Bertz CT molecular complexity index is 840. The molecular formula is C20H24N4O2. The molecule has 0 unspecified atom stereocenters. The van der Waals surface area contributed by atoms with Crippen LogP contribution in [0, 0.1) is 11.3 Å². The molecule has 0 bridgehead atoms. The Kier molecular flexibility index (Phi) is 5.10. The van der Waals surface area contributed by atoms with E-state index in [4.69, 9.17) is 10.4 Å². The normalized spacial score (nSPS) is 14.9. The van der Waals surface area contributed by atoms with Crippen molar-refractivity contribution in [1.82, 2.24) is 15.1 Å². The van der Waals surface area contributed by atoms with Gasteiger partial charge < -0.3 is 10.4 Å². The van der Waals surface area contributed by atoms with E-state index in [-0.39, 0.29) is 18.5 Å². The molecule has 3 rings (SSSR count). The van der Waals surface area contributed by atoms with Crippen LogP contribution in [0.5, 0.6) is 0 Å². The zero-order valence-corrected chi connectivity index (χ0v) is 15.4. The van der Waals surface area contributed by atoms with Crippen molar-refractivity contribution in [2.75, 3.05) is 6.54 Å². The lowest BCUT2D eigenvalue weighted by atomic mass is 10.0. The molecule has 2 N–H and O–H groups in total. The van der Waals surface area contributed by atoms with E-state index in [1.165, 1.54) is 0 Å². The monoisotopic (exact) mass is 352 g/mol. The minimum Gasteiger partial charge on any atom is -0.392 e. The predicted molar refractivity (Wildman–Crippen MR) is 98.8 cm³/mol. The highest BCUT2D eigenvalue weighted by Crippen LogP contribution is 2.46. The van der Waals surface area contributed by atoms with Crippen molar-refractivity contribution in [1.29, 1.82) is 5.26 Å². The molecule has 6 nitrogen and oxygen atoms in total. The third-order valence-corrected chi connectivity index (χ3v) is 4.48. The van der Waals surface area contributed by atoms with E-state index < -0.39 is 6.10 Å². The lowest BCUT2D eigenvalue weighted by Gasteiger charge is -2.13. The molecule has 0 radical (unpaired) electrons. The largest absolute Gasteiger partial charge is 0.392 e. The number of carbonyl (C=O) groups excluding carboxylic acids is 1. The van der Waals surface area contributed by atoms with Crippen LogP contribution >= 0.6 is 0 Å². The Labute approximate surface area is 153 Å². The summed E-state index contributed by atoms with van der Waals surface area (Å²) in [6.07, 6.45) is 1.49. The fraction of sp³-hybridized carbons (Fsp3) is 0.450. The minimum absolute atomic E-state index is 0.0342. The number of aliphatic hydroxyl groups is 1. The molecule has 0 saturated heterocycles. The second-order valence-electron chi connectivity index (χ2n) is 7.17. The number of hydrogen-bond acceptors (Lipinski definition) is 4. The van der Waals surface area contributed by atoms with Crippen molar-refractivity contribution in [2.24, 2.45) is 0 Å². The quantitative estimate of drug-likeness (QED) is 0.836. The lowest BCUT2D eigenvalue weighted by molar-refractivity contribution is 0.0910. The van der Waals surface area contributed by atoms with E-state index in [0.717, 1.165) is 29.7 Å². The fourth-order valence-corrected chi connectivity index (χ4v) is 3.05. The average Bonchev–Trinajstić information content (AvgIpc) is 3.38. The smallest absolute Gasteiger partial charge is 0.269 e. The van der Waals surface area contributed by atoms with Crippen LogP contribution in [0.4, 0.5) is 0 Å². The molecule has 1 fully saturated rings. The van der Waals surface area contributed by atoms with Crippen LogP contribution in [0.2, 0.25) is 0 Å². The number of aromatic nitrogens is 2. The Morgan fingerprint density at radius 1 is 1.35 bits per heavy atom. The number of rotatable bonds is 6. The van der Waals surface area contributed by atoms with Gasteiger partial charge in [0.2, 0.25) is 0 Å². The molecule has 1 heterocycles. The predicted octanol–water partition coefficient (Wildman–Crippen LogP) is 2.99. The van der Waals surface area contributed by atoms with Crippen LogP contribution in [-0.2, 0) is 0 Å². The second kappa shape index (κ2) is 7.30. The first-order chi connectivity index (χ1) is 12.4. The molecule has 1 aromatic heterocycles. The highest BCUT2D eigenvalue weighted by Gasteiger charge is 2.35. The Balaban J connectivity index is 2.09. The number of benzene rings is 1. The van der Waals surface area contributed by atoms with Gasteiger partial charge in [-0.3, -0.25) is 9.48 Å². The summed E-state index contributed by atoms with van der Waals surface area (Å²) in [5.41, 5.74) is 3.89. The van der Waals surface area contributed by atoms with Crippen molar-refractivity contribution in [2.45, 2.75) is 51.7 Å². The molecule has 26 heavy (non-hydrogen) atoms. The van der Waals surface area contributed by atoms with E-state index in [9.17, 15) is 9.90 Å². The van der Waals surface area contributed by atoms with Gasteiger partial charge >= 0.3 is 0 Å². The Hall–Kier alpha value is -2.65. The first-order valence-corrected chi connectivity index (χ1v) is 9.01. The van der Waals surface area contributed by atoms with Gasteiger partial charge in [0.15, 0.2) is 0 Å². The van der Waals surface area contributed by atoms with Crippen molar-refractivity contribution in [3.8, 4) is 17.3 Å². The van der Waals surface area contributed by atoms with Crippen LogP contribution < -0.4 is 5.32 Å². The summed E-state index contributed by atoms with van der Waals surface area (Å²) in [4.78, 5) is 12.8. The summed E-state index contributed by atoms with van der Waals surface area (Å²) in [6, 6.07) is 9.47. The maximum Gasteiger partial charge on any atom is 0.269 e. The standard InChI is InChI=1S/C20H24N4O2/c1-12(2)24-19(20(26)22-11-13(3)25)17(15-8-9-15)18(23-24)16-6-4-14(10-21)5-7-16/h4-7,12-13,15,25H,8-9,11H2,1-3H3,(H,22,26)/t13-/m0/s1. The first-order valence-electron chi connectivity index (χ1n) is 9.01. The van der Waals surface area contributed by atoms with E-state index >= 15 is 0 Å². The number of nitrogens with one attached hydrogen (secondary N) is 1. The van der Waals surface area contributed by atoms with Gasteiger partial charge in [-0.05, 0) is 51.7 Å². The highest BCUT2D eigenvalue weighted by molar-refractivity contribution is 5.96. The number of hydrogen-bond donors (Lipinski definition) is 2. The van der Waals surface area contributed by atoms with E-state index in [1.807, 2.05) is 26.0 Å². The molecule has 2 aromatic rings. The third-order valence-electron chi connectivity index (χ3n) is 4.48. The summed E-state index contributed by atoms with van der Waals surface area (Å²) < 4.78 is 1.78. The summed E-state index contributed by atoms with van der Waals surface area (Å²) >= 11 is 0. The summed E-state index contributed by atoms with van der Waals surface area (Å²) in [7, 11) is 0. The SMILES string of the molecule is CC(C)n1nc(-c2ccc(C#N)cc2)c(C2CC2)c1C(=O)NC[C@H](C)O. The van der Waals surface area contributed by atoms with Gasteiger partial charge in [0.05, 0.1) is 23.4 Å². The minimum atomic E-state index is -0.600. The summed E-state index contributed by atoms with van der Waals surface area (Å²) in [6.45, 7) is 5.85. The van der Waals surface area contributed by atoms with Crippen LogP contribution in [0.25, 0.3) is 11.3 Å². The fourth-order valence-electron chi connectivity index (χ4n) is 3.05. The van der Waals surface area contributed by atoms with Crippen molar-refractivity contribution < 1.29 is 9.90 Å². The van der Waals surface area contributed by atoms with Crippen LogP contribution in [0.15, 0.2) is 24.3 Å². The lowest BCUT2D eigenvalue weighted by Crippen LogP contribution is -2.33. The number of nitrogens with zero attached hydrogens (tertiary/aromatic N) is 3. The second-order valence-corrected chi connectivity index (χ2v) is 7.17. The highest BCUT2D eigenvalue weighted by atomic mass is 16.3. The van der Waals surface area contributed by atoms with Crippen LogP contribution in [0.1, 0.15) is 67.2 Å². The zero-order chi connectivity index (χ0) is 18.8. The molecule has 0 spiro atoms. The number of aliphatic hydroxyl groups excluding tert-OH is 1. The molecular weight excluding hydrogens is 328 g/mol. The van der Waals surface area contributed by atoms with Crippen molar-refractivity contribution in [3.63, 3.8) is 0 Å². The number of nitriles is 1. The zero-order valence-electron chi connectivity index (χ0n) is 15.4. The molecule has 1 saturated carbocycles. The van der Waals surface area contributed by atoms with Gasteiger partial charge in [-0.2, -0.15) is 10.4 Å². The van der Waals surface area contributed by atoms with E-state index in [2.05, 4.69) is 11.4 Å². The average molecular weight is 352 g/mol. The Morgan fingerprint density at radius 2 is 2.00 bits per heavy atom. The third kappa shape index (κ3) is 3.63. The maximum absolute atomic E-state index is 12.8. The van der Waals surface area contributed by atoms with Gasteiger partial charge in [0, 0.05) is 23.7 Å². The first kappa shape index (κ1) is 18.2. The van der Waals surface area contributed by atoms with Crippen LogP contribution in [0.3, 0.4) is 0 Å². The number of carbonyl (C=O) groups is 1. The molecule has 136 valence electrons. The van der Waals surface area contributed by atoms with Gasteiger partial charge in [-0.15, -0.1) is 0 Å². The van der Waals surface area contributed by atoms with Gasteiger partial charge in [0.1, 0.15) is 5.69 Å². The van der Waals surface area contributed by atoms with E-state index in [1.54, 1.807) is 23.7 Å². The molecule has 1 amide bonds. The molecule has 6 heteroatoms. The van der Waals surface area contributed by atoms with E-state index in [0.29, 0.717) is 17.2 Å². The maximum atomic E-state index is 12.8. The van der Waals surface area contributed by atoms with Gasteiger partial charge in [0.25, 0.3) is 5.91 Å². The molecule has 0 aliphatic heterocycles. The molecule has 1 aromatic carbocycles. The Morgan fingerprint density at radius 3 is 2.50 bits per heavy atom. The summed E-state index contributed by atoms with van der Waals surface area (Å²) in [5, 5.41) is 26.1. The van der Waals surface area contributed by atoms with Gasteiger partial charge in [-0.25, -0.2) is 0 Å². The van der Waals surface area contributed by atoms with Gasteiger partial charge in [-0.1, -0.05) is 12.1 Å². The molecule has 1 atom stereocenters. The number of amides is 1. The molecule has 1 aliphatic carbocycles. The van der Waals surface area contributed by atoms with Crippen molar-refractivity contribution >= 4 is 5.91 Å². The summed E-state index contributed by atoms with van der Waals surface area (Å²) in [5.74, 6) is 0.134. The topological polar surface area (TPSA) is 90.9 Å².